The van der Waals surface area contributed by atoms with Gasteiger partial charge in [0.2, 0.25) is 0 Å². The molecular formula is C16H19F2N3O4. The summed E-state index contributed by atoms with van der Waals surface area (Å²) in [7, 11) is 2.97. The van der Waals surface area contributed by atoms with E-state index in [-0.39, 0.29) is 30.6 Å². The first-order valence-electron chi connectivity index (χ1n) is 7.42. The van der Waals surface area contributed by atoms with E-state index in [1.54, 1.807) is 26.1 Å². The Labute approximate surface area is 143 Å². The number of rotatable bonds is 7. The maximum absolute atomic E-state index is 12.4. The topological polar surface area (TPSA) is 76.8 Å². The van der Waals surface area contributed by atoms with Gasteiger partial charge in [0.15, 0.2) is 11.5 Å². The number of aryl methyl sites for hydroxylation is 1. The van der Waals surface area contributed by atoms with Gasteiger partial charge in [0.1, 0.15) is 11.5 Å². The number of methoxy groups -OCH3 is 1. The molecule has 0 saturated heterocycles. The molecule has 0 bridgehead atoms. The van der Waals surface area contributed by atoms with Gasteiger partial charge in [-0.2, -0.15) is 8.78 Å². The Balaban J connectivity index is 1.94. The van der Waals surface area contributed by atoms with Gasteiger partial charge in [-0.15, -0.1) is 0 Å². The van der Waals surface area contributed by atoms with E-state index in [0.29, 0.717) is 17.0 Å². The minimum Gasteiger partial charge on any atom is -0.493 e. The standard InChI is InChI=1S/C16H19F2N3O4/c1-10-6-12(20-25-10)9-21(2)16(22)19-8-11-4-5-13(23-3)14(7-11)24-15(17)18/h4-7,15H,8-9H2,1-3H3,(H,19,22). The van der Waals surface area contributed by atoms with Crippen molar-refractivity contribution in [1.82, 2.24) is 15.4 Å². The van der Waals surface area contributed by atoms with Crippen molar-refractivity contribution in [1.29, 1.82) is 0 Å². The van der Waals surface area contributed by atoms with Crippen molar-refractivity contribution in [3.05, 3.63) is 41.3 Å². The minimum absolute atomic E-state index is 0.0873. The number of aromatic nitrogens is 1. The van der Waals surface area contributed by atoms with Crippen LogP contribution in [0.1, 0.15) is 17.0 Å². The highest BCUT2D eigenvalue weighted by Crippen LogP contribution is 2.29. The van der Waals surface area contributed by atoms with Crippen molar-refractivity contribution in [2.24, 2.45) is 0 Å². The van der Waals surface area contributed by atoms with Crippen LogP contribution in [0.3, 0.4) is 0 Å². The fourth-order valence-electron chi connectivity index (χ4n) is 2.14. The number of hydrogen-bond donors (Lipinski definition) is 1. The highest BCUT2D eigenvalue weighted by Gasteiger charge is 2.14. The average Bonchev–Trinajstić information content (AvgIpc) is 2.97. The lowest BCUT2D eigenvalue weighted by Gasteiger charge is -2.17. The summed E-state index contributed by atoms with van der Waals surface area (Å²) in [5.74, 6) is 0.762. The summed E-state index contributed by atoms with van der Waals surface area (Å²) < 4.78 is 39.2. The Morgan fingerprint density at radius 1 is 1.36 bits per heavy atom. The SMILES string of the molecule is COc1ccc(CNC(=O)N(C)Cc2cc(C)on2)cc1OC(F)F. The number of halogens is 2. The first kappa shape index (κ1) is 18.5. The van der Waals surface area contributed by atoms with Gasteiger partial charge in [-0.25, -0.2) is 4.79 Å². The van der Waals surface area contributed by atoms with Gasteiger partial charge >= 0.3 is 12.6 Å². The Kier molecular flexibility index (Phi) is 6.15. The number of carbonyl (C=O) groups excluding carboxylic acids is 1. The zero-order chi connectivity index (χ0) is 18.4. The zero-order valence-electron chi connectivity index (χ0n) is 14.1. The number of benzene rings is 1. The maximum atomic E-state index is 12.4. The van der Waals surface area contributed by atoms with Crippen molar-refractivity contribution < 1.29 is 27.6 Å². The third kappa shape index (κ3) is 5.33. The predicted molar refractivity (Wildman–Crippen MR) is 84.6 cm³/mol. The van der Waals surface area contributed by atoms with Crippen LogP contribution in [-0.2, 0) is 13.1 Å². The molecule has 25 heavy (non-hydrogen) atoms. The predicted octanol–water partition coefficient (Wildman–Crippen LogP) is 2.93. The molecule has 0 saturated carbocycles. The average molecular weight is 355 g/mol. The molecule has 136 valence electrons. The Morgan fingerprint density at radius 3 is 2.72 bits per heavy atom. The van der Waals surface area contributed by atoms with Crippen LogP contribution < -0.4 is 14.8 Å². The Morgan fingerprint density at radius 2 is 2.12 bits per heavy atom. The Bertz CT molecular complexity index is 721. The molecule has 9 heteroatoms. The molecule has 2 amide bonds. The number of nitrogens with one attached hydrogen (secondary N) is 1. The van der Waals surface area contributed by atoms with E-state index in [1.807, 2.05) is 0 Å². The van der Waals surface area contributed by atoms with E-state index < -0.39 is 6.61 Å². The van der Waals surface area contributed by atoms with Gasteiger partial charge in [-0.05, 0) is 24.6 Å². The highest BCUT2D eigenvalue weighted by molar-refractivity contribution is 5.73. The van der Waals surface area contributed by atoms with E-state index in [2.05, 4.69) is 15.2 Å². The van der Waals surface area contributed by atoms with Crippen molar-refractivity contribution in [3.63, 3.8) is 0 Å². The third-order valence-corrected chi connectivity index (χ3v) is 3.31. The van der Waals surface area contributed by atoms with Gasteiger partial charge in [0.25, 0.3) is 0 Å². The van der Waals surface area contributed by atoms with Crippen molar-refractivity contribution in [2.45, 2.75) is 26.6 Å². The van der Waals surface area contributed by atoms with Crippen LogP contribution in [-0.4, -0.2) is 36.9 Å². The normalized spacial score (nSPS) is 10.6. The molecule has 0 spiro atoms. The second kappa shape index (κ2) is 8.32. The summed E-state index contributed by atoms with van der Waals surface area (Å²) in [6.07, 6.45) is 0. The molecule has 1 aromatic carbocycles. The quantitative estimate of drug-likeness (QED) is 0.826. The van der Waals surface area contributed by atoms with E-state index in [1.165, 1.54) is 24.1 Å². The smallest absolute Gasteiger partial charge is 0.387 e. The van der Waals surface area contributed by atoms with Gasteiger partial charge < -0.3 is 24.2 Å². The first-order valence-corrected chi connectivity index (χ1v) is 7.42. The highest BCUT2D eigenvalue weighted by atomic mass is 19.3. The number of nitrogens with zero attached hydrogens (tertiary/aromatic N) is 2. The summed E-state index contributed by atoms with van der Waals surface area (Å²) in [5.41, 5.74) is 1.22. The number of amides is 2. The second-order valence-electron chi connectivity index (χ2n) is 5.31. The zero-order valence-corrected chi connectivity index (χ0v) is 14.1. The first-order chi connectivity index (χ1) is 11.9. The molecule has 0 aliphatic rings. The second-order valence-corrected chi connectivity index (χ2v) is 5.31. The van der Waals surface area contributed by atoms with Crippen LogP contribution in [0.25, 0.3) is 0 Å². The number of ether oxygens (including phenoxy) is 2. The van der Waals surface area contributed by atoms with Crippen LogP contribution in [0.2, 0.25) is 0 Å². The summed E-state index contributed by atoms with van der Waals surface area (Å²) in [6, 6.07) is 5.94. The number of hydrogen-bond acceptors (Lipinski definition) is 5. The molecule has 7 nitrogen and oxygen atoms in total. The van der Waals surface area contributed by atoms with Crippen LogP contribution in [0.5, 0.6) is 11.5 Å². The molecule has 2 rings (SSSR count). The maximum Gasteiger partial charge on any atom is 0.387 e. The lowest BCUT2D eigenvalue weighted by Crippen LogP contribution is -2.36. The molecule has 1 N–H and O–H groups in total. The van der Waals surface area contributed by atoms with E-state index >= 15 is 0 Å². The molecule has 0 aliphatic heterocycles. The minimum atomic E-state index is -2.96. The largest absolute Gasteiger partial charge is 0.493 e. The molecule has 0 fully saturated rings. The fraction of sp³-hybridized carbons (Fsp3) is 0.375. The van der Waals surface area contributed by atoms with Crippen LogP contribution >= 0.6 is 0 Å². The third-order valence-electron chi connectivity index (χ3n) is 3.31. The summed E-state index contributed by atoms with van der Waals surface area (Å²) in [6.45, 7) is -0.772. The van der Waals surface area contributed by atoms with Gasteiger partial charge in [-0.1, -0.05) is 11.2 Å². The van der Waals surface area contributed by atoms with Gasteiger partial charge in [0.05, 0.1) is 13.7 Å². The fourth-order valence-corrected chi connectivity index (χ4v) is 2.14. The molecule has 0 radical (unpaired) electrons. The summed E-state index contributed by atoms with van der Waals surface area (Å²) >= 11 is 0. The van der Waals surface area contributed by atoms with E-state index in [4.69, 9.17) is 9.26 Å². The molecule has 0 aliphatic carbocycles. The molecule has 2 aromatic rings. The van der Waals surface area contributed by atoms with Crippen LogP contribution in [0.15, 0.2) is 28.8 Å². The lowest BCUT2D eigenvalue weighted by atomic mass is 10.2. The monoisotopic (exact) mass is 355 g/mol. The molecule has 0 atom stereocenters. The molecular weight excluding hydrogens is 336 g/mol. The molecule has 1 heterocycles. The number of urea groups is 1. The summed E-state index contributed by atoms with van der Waals surface area (Å²) in [5, 5.41) is 6.51. The molecule has 0 unspecified atom stereocenters. The van der Waals surface area contributed by atoms with Crippen LogP contribution in [0, 0.1) is 6.92 Å². The van der Waals surface area contributed by atoms with Crippen molar-refractivity contribution in [3.8, 4) is 11.5 Å². The van der Waals surface area contributed by atoms with Gasteiger partial charge in [0, 0.05) is 19.7 Å². The van der Waals surface area contributed by atoms with Crippen molar-refractivity contribution >= 4 is 6.03 Å². The van der Waals surface area contributed by atoms with E-state index in [9.17, 15) is 13.6 Å². The van der Waals surface area contributed by atoms with E-state index in [0.717, 1.165) is 0 Å². The van der Waals surface area contributed by atoms with Crippen molar-refractivity contribution in [2.75, 3.05) is 14.2 Å². The number of carbonyl (C=O) groups is 1. The number of alkyl halides is 2. The Hall–Kier alpha value is -2.84. The van der Waals surface area contributed by atoms with Crippen LogP contribution in [0.4, 0.5) is 13.6 Å². The van der Waals surface area contributed by atoms with Gasteiger partial charge in [-0.3, -0.25) is 0 Å². The summed E-state index contributed by atoms with van der Waals surface area (Å²) in [4.78, 5) is 13.5. The molecule has 1 aromatic heterocycles. The lowest BCUT2D eigenvalue weighted by molar-refractivity contribution is -0.0512.